The quantitative estimate of drug-likeness (QED) is 0.790. The standard InChI is InChI=1S/C14H15F3N2O4/c1-7-12(21)19-9-5-8(3-4-10(9)23-7)18-11(20)6-13(2,22)14(15,16)17/h3-5,7,22H,6H2,1-2H3,(H,18,20)(H,19,21)/t7-,13+/m0/s1. The van der Waals surface area contributed by atoms with Gasteiger partial charge in [-0.3, -0.25) is 9.59 Å². The van der Waals surface area contributed by atoms with Gasteiger partial charge in [-0.15, -0.1) is 0 Å². The lowest BCUT2D eigenvalue weighted by Gasteiger charge is -2.26. The average Bonchev–Trinajstić information content (AvgIpc) is 2.38. The highest BCUT2D eigenvalue weighted by molar-refractivity contribution is 5.99. The monoisotopic (exact) mass is 332 g/mol. The van der Waals surface area contributed by atoms with E-state index < -0.39 is 30.2 Å². The van der Waals surface area contributed by atoms with Crippen molar-refractivity contribution in [1.29, 1.82) is 0 Å². The summed E-state index contributed by atoms with van der Waals surface area (Å²) in [5, 5.41) is 14.1. The van der Waals surface area contributed by atoms with Crippen molar-refractivity contribution in [3.63, 3.8) is 0 Å². The van der Waals surface area contributed by atoms with Crippen molar-refractivity contribution in [2.24, 2.45) is 0 Å². The molecule has 2 amide bonds. The number of hydrogen-bond acceptors (Lipinski definition) is 4. The Morgan fingerprint density at radius 2 is 2.09 bits per heavy atom. The van der Waals surface area contributed by atoms with Crippen molar-refractivity contribution in [3.05, 3.63) is 18.2 Å². The minimum absolute atomic E-state index is 0.171. The van der Waals surface area contributed by atoms with E-state index in [2.05, 4.69) is 10.6 Å². The van der Waals surface area contributed by atoms with Crippen molar-refractivity contribution in [3.8, 4) is 5.75 Å². The van der Waals surface area contributed by atoms with Gasteiger partial charge in [-0.05, 0) is 32.0 Å². The van der Waals surface area contributed by atoms with Gasteiger partial charge in [-0.1, -0.05) is 0 Å². The molecule has 1 aromatic carbocycles. The summed E-state index contributed by atoms with van der Waals surface area (Å²) in [4.78, 5) is 23.2. The fourth-order valence-electron chi connectivity index (χ4n) is 1.90. The van der Waals surface area contributed by atoms with Gasteiger partial charge in [-0.2, -0.15) is 13.2 Å². The molecule has 1 aromatic rings. The molecule has 0 unspecified atom stereocenters. The Morgan fingerprint density at radius 1 is 1.43 bits per heavy atom. The Hall–Kier alpha value is -2.29. The van der Waals surface area contributed by atoms with Crippen LogP contribution >= 0.6 is 0 Å². The van der Waals surface area contributed by atoms with E-state index in [4.69, 9.17) is 4.74 Å². The van der Waals surface area contributed by atoms with E-state index in [0.29, 0.717) is 18.4 Å². The first-order valence-corrected chi connectivity index (χ1v) is 6.70. The maximum atomic E-state index is 12.5. The second-order valence-electron chi connectivity index (χ2n) is 5.46. The smallest absolute Gasteiger partial charge is 0.417 e. The fraction of sp³-hybridized carbons (Fsp3) is 0.429. The molecule has 0 radical (unpaired) electrons. The van der Waals surface area contributed by atoms with Crippen molar-refractivity contribution in [2.75, 3.05) is 10.6 Å². The molecule has 0 aliphatic carbocycles. The number of hydrogen-bond donors (Lipinski definition) is 3. The van der Waals surface area contributed by atoms with E-state index in [1.54, 1.807) is 6.92 Å². The molecule has 2 rings (SSSR count). The lowest BCUT2D eigenvalue weighted by atomic mass is 10.0. The number of carbonyl (C=O) groups is 2. The van der Waals surface area contributed by atoms with Crippen LogP contribution in [0.1, 0.15) is 20.3 Å². The first-order valence-electron chi connectivity index (χ1n) is 6.70. The summed E-state index contributed by atoms with van der Waals surface area (Å²) in [6, 6.07) is 4.26. The largest absolute Gasteiger partial charge is 0.479 e. The normalized spacial score (nSPS) is 19.9. The van der Waals surface area contributed by atoms with Gasteiger partial charge in [0.1, 0.15) is 5.75 Å². The molecule has 0 saturated carbocycles. The van der Waals surface area contributed by atoms with Gasteiger partial charge in [0, 0.05) is 5.69 Å². The summed E-state index contributed by atoms with van der Waals surface area (Å²) < 4.78 is 42.9. The van der Waals surface area contributed by atoms with Crippen LogP contribution in [0.5, 0.6) is 5.75 Å². The summed E-state index contributed by atoms with van der Waals surface area (Å²) >= 11 is 0. The third-order valence-electron chi connectivity index (χ3n) is 3.31. The SMILES string of the molecule is C[C@@H]1Oc2ccc(NC(=O)C[C@@](C)(O)C(F)(F)F)cc2NC1=O. The average molecular weight is 332 g/mol. The molecule has 1 aliphatic heterocycles. The molecule has 1 aliphatic rings. The first kappa shape index (κ1) is 17.1. The topological polar surface area (TPSA) is 87.7 Å². The number of halogens is 3. The maximum absolute atomic E-state index is 12.5. The first-order chi connectivity index (χ1) is 10.5. The van der Waals surface area contributed by atoms with Gasteiger partial charge >= 0.3 is 6.18 Å². The third-order valence-corrected chi connectivity index (χ3v) is 3.31. The van der Waals surface area contributed by atoms with Crippen molar-refractivity contribution < 1.29 is 32.6 Å². The Labute approximate surface area is 129 Å². The van der Waals surface area contributed by atoms with Crippen molar-refractivity contribution in [2.45, 2.75) is 38.1 Å². The van der Waals surface area contributed by atoms with Gasteiger partial charge in [0.15, 0.2) is 11.7 Å². The van der Waals surface area contributed by atoms with Crippen LogP contribution < -0.4 is 15.4 Å². The molecular weight excluding hydrogens is 317 g/mol. The number of nitrogens with one attached hydrogen (secondary N) is 2. The number of carbonyl (C=O) groups excluding carboxylic acids is 2. The van der Waals surface area contributed by atoms with E-state index >= 15 is 0 Å². The number of aliphatic hydroxyl groups is 1. The van der Waals surface area contributed by atoms with Crippen LogP contribution in [-0.4, -0.2) is 34.8 Å². The summed E-state index contributed by atoms with van der Waals surface area (Å²) in [7, 11) is 0. The van der Waals surface area contributed by atoms with E-state index in [1.165, 1.54) is 18.2 Å². The number of benzene rings is 1. The molecule has 0 bridgehead atoms. The number of anilines is 2. The number of rotatable bonds is 3. The molecule has 126 valence electrons. The van der Waals surface area contributed by atoms with Crippen LogP contribution in [0.2, 0.25) is 0 Å². The molecule has 2 atom stereocenters. The summed E-state index contributed by atoms with van der Waals surface area (Å²) in [5.74, 6) is -0.998. The van der Waals surface area contributed by atoms with E-state index in [-0.39, 0.29) is 11.6 Å². The Bertz CT molecular complexity index is 643. The highest BCUT2D eigenvalue weighted by atomic mass is 19.4. The second kappa shape index (κ2) is 5.73. The van der Waals surface area contributed by atoms with E-state index in [1.807, 2.05) is 0 Å². The van der Waals surface area contributed by atoms with E-state index in [9.17, 15) is 27.9 Å². The molecule has 6 nitrogen and oxygen atoms in total. The minimum Gasteiger partial charge on any atom is -0.479 e. The number of alkyl halides is 3. The maximum Gasteiger partial charge on any atom is 0.417 e. The van der Waals surface area contributed by atoms with E-state index in [0.717, 1.165) is 0 Å². The number of fused-ring (bicyclic) bond motifs is 1. The predicted molar refractivity (Wildman–Crippen MR) is 75.1 cm³/mol. The van der Waals surface area contributed by atoms with Gasteiger partial charge in [0.25, 0.3) is 5.91 Å². The highest BCUT2D eigenvalue weighted by Crippen LogP contribution is 2.34. The minimum atomic E-state index is -4.92. The second-order valence-corrected chi connectivity index (χ2v) is 5.46. The zero-order valence-electron chi connectivity index (χ0n) is 12.3. The van der Waals surface area contributed by atoms with Gasteiger partial charge in [0.2, 0.25) is 5.91 Å². The molecule has 0 saturated heterocycles. The third kappa shape index (κ3) is 3.73. The van der Waals surface area contributed by atoms with Crippen LogP contribution in [0.15, 0.2) is 18.2 Å². The zero-order valence-corrected chi connectivity index (χ0v) is 12.3. The molecule has 3 N–H and O–H groups in total. The van der Waals surface area contributed by atoms with Crippen LogP contribution in [0.4, 0.5) is 24.5 Å². The van der Waals surface area contributed by atoms with Crippen molar-refractivity contribution >= 4 is 23.2 Å². The molecule has 0 spiro atoms. The molecule has 1 heterocycles. The summed E-state index contributed by atoms with van der Waals surface area (Å²) in [6.07, 6.45) is -6.73. The summed E-state index contributed by atoms with van der Waals surface area (Å²) in [6.45, 7) is 2.09. The van der Waals surface area contributed by atoms with Gasteiger partial charge in [-0.25, -0.2) is 0 Å². The van der Waals surface area contributed by atoms with Crippen molar-refractivity contribution in [1.82, 2.24) is 0 Å². The Kier molecular flexibility index (Phi) is 4.25. The van der Waals surface area contributed by atoms with Crippen LogP contribution in [0.25, 0.3) is 0 Å². The lowest BCUT2D eigenvalue weighted by molar-refractivity contribution is -0.252. The number of ether oxygens (including phenoxy) is 1. The fourth-order valence-corrected chi connectivity index (χ4v) is 1.90. The van der Waals surface area contributed by atoms with Gasteiger partial charge < -0.3 is 20.5 Å². The summed E-state index contributed by atoms with van der Waals surface area (Å²) in [5.41, 5.74) is -2.66. The van der Waals surface area contributed by atoms with Crippen LogP contribution in [0, 0.1) is 0 Å². The molecule has 0 aromatic heterocycles. The molecule has 9 heteroatoms. The van der Waals surface area contributed by atoms with Gasteiger partial charge in [0.05, 0.1) is 12.1 Å². The lowest BCUT2D eigenvalue weighted by Crippen LogP contribution is -2.44. The molecule has 0 fully saturated rings. The zero-order chi connectivity index (χ0) is 17.4. The predicted octanol–water partition coefficient (Wildman–Crippen LogP) is 2.05. The Balaban J connectivity index is 2.08. The van der Waals surface area contributed by atoms with Crippen LogP contribution in [-0.2, 0) is 9.59 Å². The molecular formula is C14H15F3N2O4. The highest BCUT2D eigenvalue weighted by Gasteiger charge is 2.51. The van der Waals surface area contributed by atoms with Crippen LogP contribution in [0.3, 0.4) is 0 Å². The number of amides is 2. The Morgan fingerprint density at radius 3 is 2.70 bits per heavy atom. The molecule has 23 heavy (non-hydrogen) atoms.